The highest BCUT2D eigenvalue weighted by molar-refractivity contribution is 7.17. The van der Waals surface area contributed by atoms with E-state index in [1.807, 2.05) is 41.7 Å². The zero-order chi connectivity index (χ0) is 18.3. The van der Waals surface area contributed by atoms with E-state index in [1.54, 1.807) is 0 Å². The van der Waals surface area contributed by atoms with Crippen LogP contribution in [0.25, 0.3) is 10.1 Å². The van der Waals surface area contributed by atoms with Crippen LogP contribution >= 0.6 is 11.3 Å². The molecule has 5 heteroatoms. The van der Waals surface area contributed by atoms with Gasteiger partial charge < -0.3 is 4.90 Å². The van der Waals surface area contributed by atoms with Gasteiger partial charge in [-0.3, -0.25) is 15.2 Å². The van der Waals surface area contributed by atoms with E-state index in [2.05, 4.69) is 44.9 Å². The van der Waals surface area contributed by atoms with E-state index in [4.69, 9.17) is 4.84 Å². The third-order valence-electron chi connectivity index (χ3n) is 5.12. The summed E-state index contributed by atoms with van der Waals surface area (Å²) in [5.74, 6) is 0. The molecular formula is C22H27N3OS. The average Bonchev–Trinajstić information content (AvgIpc) is 3.21. The third kappa shape index (κ3) is 4.80. The Balaban J connectivity index is 1.14. The zero-order valence-electron chi connectivity index (χ0n) is 15.6. The Labute approximate surface area is 165 Å². The van der Waals surface area contributed by atoms with Gasteiger partial charge >= 0.3 is 0 Å². The predicted molar refractivity (Wildman–Crippen MR) is 116 cm³/mol. The van der Waals surface area contributed by atoms with Gasteiger partial charge in [0.2, 0.25) is 0 Å². The normalized spacial score (nSPS) is 15.3. The van der Waals surface area contributed by atoms with E-state index in [0.29, 0.717) is 0 Å². The van der Waals surface area contributed by atoms with Gasteiger partial charge in [0.15, 0.2) is 0 Å². The smallest absolute Gasteiger partial charge is 0.0746 e. The monoisotopic (exact) mass is 381 g/mol. The van der Waals surface area contributed by atoms with Gasteiger partial charge in [0, 0.05) is 42.0 Å². The molecule has 1 aliphatic heterocycles. The van der Waals surface area contributed by atoms with Gasteiger partial charge in [0.05, 0.1) is 12.3 Å². The number of unbranched alkanes of at least 4 members (excludes halogenated alkanes) is 1. The second-order valence-corrected chi connectivity index (χ2v) is 7.91. The molecule has 0 unspecified atom stereocenters. The number of para-hydroxylation sites is 1. The molecule has 2 aromatic carbocycles. The number of benzene rings is 2. The molecule has 2 heterocycles. The Hall–Kier alpha value is -2.08. The van der Waals surface area contributed by atoms with Gasteiger partial charge in [-0.2, -0.15) is 0 Å². The first-order valence-electron chi connectivity index (χ1n) is 9.76. The molecule has 3 aromatic rings. The molecule has 1 aliphatic rings. The molecule has 4 rings (SSSR count). The maximum Gasteiger partial charge on any atom is 0.0746 e. The molecule has 0 radical (unpaired) electrons. The molecule has 0 saturated carbocycles. The minimum absolute atomic E-state index is 0.745. The average molecular weight is 382 g/mol. The van der Waals surface area contributed by atoms with Crippen LogP contribution in [-0.4, -0.2) is 44.2 Å². The molecule has 142 valence electrons. The minimum atomic E-state index is 0.745. The van der Waals surface area contributed by atoms with Crippen molar-refractivity contribution in [2.75, 3.05) is 49.7 Å². The van der Waals surface area contributed by atoms with E-state index in [-0.39, 0.29) is 0 Å². The summed E-state index contributed by atoms with van der Waals surface area (Å²) in [7, 11) is 0. The number of thiophene rings is 1. The first-order valence-corrected chi connectivity index (χ1v) is 10.6. The van der Waals surface area contributed by atoms with Crippen molar-refractivity contribution in [3.8, 4) is 0 Å². The van der Waals surface area contributed by atoms with Crippen LogP contribution in [0.4, 0.5) is 11.4 Å². The Kier molecular flexibility index (Phi) is 6.25. The van der Waals surface area contributed by atoms with Crippen molar-refractivity contribution in [3.63, 3.8) is 0 Å². The molecule has 27 heavy (non-hydrogen) atoms. The summed E-state index contributed by atoms with van der Waals surface area (Å²) in [6.07, 6.45) is 2.25. The van der Waals surface area contributed by atoms with Crippen LogP contribution in [0.1, 0.15) is 12.8 Å². The Morgan fingerprint density at radius 1 is 0.889 bits per heavy atom. The standard InChI is InChI=1S/C22H27N3OS/c1-2-7-19(8-3-1)23-26-17-5-4-12-24-13-15-25(16-14-24)21-9-6-10-22-20(21)11-18-27-22/h1-3,6-11,18,23H,4-5,12-17H2. The fourth-order valence-corrected chi connectivity index (χ4v) is 4.42. The van der Waals surface area contributed by atoms with Crippen molar-refractivity contribution in [1.82, 2.24) is 4.90 Å². The number of nitrogens with zero attached hydrogens (tertiary/aromatic N) is 2. The molecule has 0 bridgehead atoms. The highest BCUT2D eigenvalue weighted by atomic mass is 32.1. The van der Waals surface area contributed by atoms with E-state index in [1.165, 1.54) is 22.2 Å². The summed E-state index contributed by atoms with van der Waals surface area (Å²) < 4.78 is 1.39. The first-order chi connectivity index (χ1) is 13.4. The Morgan fingerprint density at radius 2 is 1.74 bits per heavy atom. The lowest BCUT2D eigenvalue weighted by molar-refractivity contribution is 0.178. The number of piperazine rings is 1. The first kappa shape index (κ1) is 18.3. The van der Waals surface area contributed by atoms with E-state index in [0.717, 1.165) is 51.4 Å². The molecule has 1 aromatic heterocycles. The molecule has 0 amide bonds. The summed E-state index contributed by atoms with van der Waals surface area (Å²) in [5, 5.41) is 3.60. The zero-order valence-corrected chi connectivity index (χ0v) is 16.5. The quantitative estimate of drug-likeness (QED) is 0.446. The van der Waals surface area contributed by atoms with E-state index < -0.39 is 0 Å². The fraction of sp³-hybridized carbons (Fsp3) is 0.364. The second-order valence-electron chi connectivity index (χ2n) is 6.96. The lowest BCUT2D eigenvalue weighted by Gasteiger charge is -2.36. The number of anilines is 2. The van der Waals surface area contributed by atoms with Crippen LogP contribution in [0, 0.1) is 0 Å². The molecule has 4 nitrogen and oxygen atoms in total. The number of rotatable bonds is 8. The summed E-state index contributed by atoms with van der Waals surface area (Å²) in [5.41, 5.74) is 5.41. The number of hydrogen-bond donors (Lipinski definition) is 1. The minimum Gasteiger partial charge on any atom is -0.368 e. The topological polar surface area (TPSA) is 27.7 Å². The van der Waals surface area contributed by atoms with Gasteiger partial charge in [-0.05, 0) is 55.1 Å². The molecule has 0 atom stereocenters. The molecule has 0 spiro atoms. The van der Waals surface area contributed by atoms with Crippen LogP contribution in [0.3, 0.4) is 0 Å². The van der Waals surface area contributed by atoms with Gasteiger partial charge in [0.25, 0.3) is 0 Å². The Bertz CT molecular complexity index is 828. The second kappa shape index (κ2) is 9.22. The van der Waals surface area contributed by atoms with E-state index >= 15 is 0 Å². The maximum atomic E-state index is 5.54. The van der Waals surface area contributed by atoms with Gasteiger partial charge in [-0.25, -0.2) is 0 Å². The van der Waals surface area contributed by atoms with Crippen molar-refractivity contribution in [2.24, 2.45) is 0 Å². The SMILES string of the molecule is c1ccc(NOCCCCN2CCN(c3cccc4sccc34)CC2)cc1. The van der Waals surface area contributed by atoms with Crippen molar-refractivity contribution >= 4 is 32.8 Å². The largest absolute Gasteiger partial charge is 0.368 e. The summed E-state index contributed by atoms with van der Waals surface area (Å²) >= 11 is 1.83. The van der Waals surface area contributed by atoms with Crippen LogP contribution in [0.5, 0.6) is 0 Å². The summed E-state index contributed by atoms with van der Waals surface area (Å²) in [4.78, 5) is 10.7. The van der Waals surface area contributed by atoms with Crippen LogP contribution < -0.4 is 10.4 Å². The van der Waals surface area contributed by atoms with Crippen LogP contribution in [0.15, 0.2) is 60.0 Å². The van der Waals surface area contributed by atoms with Crippen LogP contribution in [0.2, 0.25) is 0 Å². The lowest BCUT2D eigenvalue weighted by atomic mass is 10.2. The summed E-state index contributed by atoms with van der Waals surface area (Å²) in [6, 6.07) is 19.0. The van der Waals surface area contributed by atoms with Gasteiger partial charge in [-0.1, -0.05) is 24.3 Å². The van der Waals surface area contributed by atoms with Crippen molar-refractivity contribution in [2.45, 2.75) is 12.8 Å². The molecule has 1 N–H and O–H groups in total. The van der Waals surface area contributed by atoms with Crippen molar-refractivity contribution < 1.29 is 4.84 Å². The molecular weight excluding hydrogens is 354 g/mol. The van der Waals surface area contributed by atoms with Crippen LogP contribution in [-0.2, 0) is 4.84 Å². The van der Waals surface area contributed by atoms with E-state index in [9.17, 15) is 0 Å². The Morgan fingerprint density at radius 3 is 2.59 bits per heavy atom. The number of fused-ring (bicyclic) bond motifs is 1. The number of nitrogens with one attached hydrogen (secondary N) is 1. The predicted octanol–water partition coefficient (Wildman–Crippen LogP) is 4.85. The molecule has 1 saturated heterocycles. The highest BCUT2D eigenvalue weighted by Crippen LogP contribution is 2.31. The fourth-order valence-electron chi connectivity index (χ4n) is 3.62. The van der Waals surface area contributed by atoms with Gasteiger partial charge in [-0.15, -0.1) is 11.3 Å². The molecule has 1 fully saturated rings. The highest BCUT2D eigenvalue weighted by Gasteiger charge is 2.18. The summed E-state index contributed by atoms with van der Waals surface area (Å²) in [6.45, 7) is 6.41. The molecule has 0 aliphatic carbocycles. The third-order valence-corrected chi connectivity index (χ3v) is 6.00. The maximum absolute atomic E-state index is 5.54. The lowest BCUT2D eigenvalue weighted by Crippen LogP contribution is -2.46. The van der Waals surface area contributed by atoms with Crippen molar-refractivity contribution in [1.29, 1.82) is 0 Å². The van der Waals surface area contributed by atoms with Crippen molar-refractivity contribution in [3.05, 3.63) is 60.0 Å². The number of hydrogen-bond acceptors (Lipinski definition) is 5. The van der Waals surface area contributed by atoms with Gasteiger partial charge in [0.1, 0.15) is 0 Å².